The van der Waals surface area contributed by atoms with Gasteiger partial charge in [0.05, 0.1) is 19.8 Å². The molecule has 21 heteroatoms. The maximum absolute atomic E-state index is 12.0. The Balaban J connectivity index is -0.000000295. The predicted octanol–water partition coefficient (Wildman–Crippen LogP) is -0.258. The summed E-state index contributed by atoms with van der Waals surface area (Å²) in [6.07, 6.45) is 4.33. The minimum Gasteiger partial charge on any atom is -1.00 e. The molecule has 0 radical (unpaired) electrons. The third kappa shape index (κ3) is 18.4. The van der Waals surface area contributed by atoms with E-state index < -0.39 is 5.97 Å². The van der Waals surface area contributed by atoms with Crippen molar-refractivity contribution in [2.75, 3.05) is 52.5 Å². The number of carbonyl (C=O) groups excluding carboxylic acids is 2. The van der Waals surface area contributed by atoms with Gasteiger partial charge in [0.2, 0.25) is 11.8 Å². The quantitative estimate of drug-likeness (QED) is 0.238. The van der Waals surface area contributed by atoms with Crippen LogP contribution in [0.25, 0.3) is 0 Å². The third-order valence-electron chi connectivity index (χ3n) is 7.42. The van der Waals surface area contributed by atoms with E-state index in [0.717, 1.165) is 52.0 Å². The van der Waals surface area contributed by atoms with Crippen LogP contribution < -0.4 is 39.6 Å². The van der Waals surface area contributed by atoms with E-state index in [1.165, 1.54) is 19.5 Å². The molecule has 6 rings (SSSR count). The number of esters is 1. The number of carbonyl (C=O) groups is 2. The summed E-state index contributed by atoms with van der Waals surface area (Å²) in [5, 5.41) is 11.6. The number of halogens is 5. The van der Waals surface area contributed by atoms with Gasteiger partial charge in [0.1, 0.15) is 8.95 Å². The van der Waals surface area contributed by atoms with Gasteiger partial charge in [-0.25, -0.2) is 14.2 Å². The van der Waals surface area contributed by atoms with Crippen LogP contribution in [0.2, 0.25) is 0 Å². The number of hydrogen-bond acceptors (Lipinski definition) is 9. The molecular weight excluding hydrogens is 938 g/mol. The van der Waals surface area contributed by atoms with Crippen molar-refractivity contribution in [1.29, 1.82) is 0 Å². The molecule has 6 heterocycles. The Kier molecular flexibility index (Phi) is 37.4. The van der Waals surface area contributed by atoms with E-state index in [-0.39, 0.29) is 96.5 Å². The van der Waals surface area contributed by atoms with Crippen molar-refractivity contribution in [2.24, 2.45) is 0 Å². The van der Waals surface area contributed by atoms with E-state index in [0.29, 0.717) is 58.3 Å². The molecule has 2 saturated heterocycles. The minimum absolute atomic E-state index is 0. The van der Waals surface area contributed by atoms with Crippen LogP contribution in [0.3, 0.4) is 0 Å². The van der Waals surface area contributed by atoms with E-state index in [2.05, 4.69) is 105 Å². The van der Waals surface area contributed by atoms with Gasteiger partial charge in [-0.3, -0.25) is 9.69 Å². The Morgan fingerprint density at radius 3 is 1.55 bits per heavy atom. The summed E-state index contributed by atoms with van der Waals surface area (Å²) >= 11 is 6.70. The molecule has 2 aromatic heterocycles. The first-order valence-corrected chi connectivity index (χ1v) is 20.4. The van der Waals surface area contributed by atoms with Crippen molar-refractivity contribution < 1.29 is 48.6 Å². The average molecular weight is 995 g/mol. The van der Waals surface area contributed by atoms with Gasteiger partial charge in [0.15, 0.2) is 11.4 Å². The molecule has 4 aliphatic heterocycles. The van der Waals surface area contributed by atoms with Crippen LogP contribution >= 0.6 is 72.0 Å². The SMILES string of the molecule is C1CNC1.CCN(C(C)C)C(C)C.CCOC(=O)c1nn2c(c1Br)OCCC2.Cl.O=C(c1nn2c(c1Br)OCCC2)N1CCC1.P.PP.[Ca+2].[Cl-].[Cl-]. The maximum atomic E-state index is 12.0. The molecular formula is C30H57Br2CaCl3N7O5P3. The van der Waals surface area contributed by atoms with Gasteiger partial charge >= 0.3 is 43.7 Å². The third-order valence-corrected chi connectivity index (χ3v) is 8.85. The number of rotatable bonds is 6. The monoisotopic (exact) mass is 991 g/mol. The summed E-state index contributed by atoms with van der Waals surface area (Å²) < 4.78 is 20.5. The zero-order valence-electron chi connectivity index (χ0n) is 30.8. The van der Waals surface area contributed by atoms with Crippen LogP contribution in [-0.2, 0) is 17.8 Å². The van der Waals surface area contributed by atoms with Crippen LogP contribution in [0.5, 0.6) is 11.8 Å². The molecule has 0 spiro atoms. The second-order valence-electron chi connectivity index (χ2n) is 11.3. The first kappa shape index (κ1) is 59.0. The van der Waals surface area contributed by atoms with Crippen LogP contribution in [0.1, 0.15) is 88.2 Å². The second-order valence-corrected chi connectivity index (χ2v) is 12.9. The Morgan fingerprint density at radius 1 is 0.843 bits per heavy atom. The van der Waals surface area contributed by atoms with Crippen molar-refractivity contribution in [3.8, 4) is 11.8 Å². The van der Waals surface area contributed by atoms with E-state index in [4.69, 9.17) is 14.2 Å². The van der Waals surface area contributed by atoms with E-state index >= 15 is 0 Å². The Labute approximate surface area is 378 Å². The number of aryl methyl sites for hydroxylation is 2. The van der Waals surface area contributed by atoms with Gasteiger partial charge < -0.3 is 49.2 Å². The number of nitrogens with zero attached hydrogens (tertiary/aromatic N) is 6. The molecule has 0 bridgehead atoms. The number of hydrogen-bond donors (Lipinski definition) is 1. The van der Waals surface area contributed by atoms with Crippen LogP contribution in [-0.4, -0.2) is 144 Å². The first-order chi connectivity index (χ1) is 22.1. The molecule has 51 heavy (non-hydrogen) atoms. The molecule has 0 saturated carbocycles. The predicted molar refractivity (Wildman–Crippen MR) is 220 cm³/mol. The van der Waals surface area contributed by atoms with Crippen molar-refractivity contribution >= 4 is 122 Å². The standard InChI is InChI=1S/C10H12BrN3O2.C9H11BrN2O3.C8H19N.C3H7N.Ca.3ClH.H4P2.H3P/c11-7-8(9(15)13-3-1-4-13)12-14-5-2-6-16-10(7)14;1-2-14-9(13)7-6(10)8-12(11-7)4-3-5-15-8;1-6-9(7(2)3)8(4)5;1-2-4-3-1;;;;;1-2;/h1-6H2;2-5H2,1H3;7-8H,6H2,1-5H3;4H,1-3H2;;3*1H;1-2H2;1H3/q;;;;+2;;;;;/p-2. The fourth-order valence-corrected chi connectivity index (χ4v) is 5.96. The van der Waals surface area contributed by atoms with E-state index in [1.807, 2.05) is 0 Å². The summed E-state index contributed by atoms with van der Waals surface area (Å²) in [7, 11) is 4.67. The van der Waals surface area contributed by atoms with Gasteiger partial charge in [0.25, 0.3) is 5.91 Å². The number of aromatic nitrogens is 4. The summed E-state index contributed by atoms with van der Waals surface area (Å²) in [5.41, 5.74) is 0.769. The molecule has 4 aliphatic rings. The van der Waals surface area contributed by atoms with Crippen molar-refractivity contribution in [3.05, 3.63) is 20.3 Å². The molecule has 1 N–H and O–H groups in total. The topological polar surface area (TPSA) is 116 Å². The zero-order chi connectivity index (χ0) is 34.2. The Hall–Kier alpha value is 1.26. The largest absolute Gasteiger partial charge is 2.00 e. The first-order valence-electron chi connectivity index (χ1n) is 16.1. The molecule has 12 nitrogen and oxygen atoms in total. The number of ether oxygens (including phenoxy) is 3. The normalized spacial score (nSPS) is 14.2. The van der Waals surface area contributed by atoms with Crippen LogP contribution in [0.4, 0.5) is 0 Å². The smallest absolute Gasteiger partial charge is 1.00 e. The van der Waals surface area contributed by atoms with Gasteiger partial charge in [-0.05, 0) is 99.0 Å². The Bertz CT molecular complexity index is 1240. The second kappa shape index (κ2) is 32.4. The van der Waals surface area contributed by atoms with Gasteiger partial charge in [0, 0.05) is 51.1 Å². The maximum Gasteiger partial charge on any atom is 2.00 e. The van der Waals surface area contributed by atoms with Crippen molar-refractivity contribution in [3.63, 3.8) is 0 Å². The zero-order valence-corrected chi connectivity index (χ0v) is 42.2. The molecule has 3 atom stereocenters. The summed E-state index contributed by atoms with van der Waals surface area (Å²) in [5.74, 6) is 0.887. The number of nitrogens with one attached hydrogen (secondary N) is 1. The average Bonchev–Trinajstić information content (AvgIpc) is 3.50. The fraction of sp³-hybridized carbons (Fsp3) is 0.733. The number of amides is 1. The number of likely N-dealkylation sites (tertiary alicyclic amines) is 1. The minimum atomic E-state index is -0.421. The Morgan fingerprint density at radius 2 is 1.25 bits per heavy atom. The van der Waals surface area contributed by atoms with Crippen molar-refractivity contribution in [2.45, 2.75) is 92.4 Å². The molecule has 2 aromatic rings. The summed E-state index contributed by atoms with van der Waals surface area (Å²) in [6.45, 7) is 21.6. The number of fused-ring (bicyclic) bond motifs is 2. The van der Waals surface area contributed by atoms with E-state index in [1.54, 1.807) is 21.2 Å². The van der Waals surface area contributed by atoms with E-state index in [9.17, 15) is 9.59 Å². The summed E-state index contributed by atoms with van der Waals surface area (Å²) in [6, 6.07) is 1.38. The van der Waals surface area contributed by atoms with Gasteiger partial charge in [-0.2, -0.15) is 20.1 Å². The molecule has 3 unspecified atom stereocenters. The molecule has 0 aromatic carbocycles. The van der Waals surface area contributed by atoms with Crippen molar-refractivity contribution in [1.82, 2.24) is 34.7 Å². The van der Waals surface area contributed by atoms with Gasteiger partial charge in [-0.1, -0.05) is 6.92 Å². The molecule has 2 fully saturated rings. The fourth-order valence-electron chi connectivity index (χ4n) is 4.83. The van der Waals surface area contributed by atoms with Gasteiger partial charge in [-0.15, -0.1) is 30.3 Å². The molecule has 1 amide bonds. The molecule has 294 valence electrons. The molecule has 0 aliphatic carbocycles. The van der Waals surface area contributed by atoms with Crippen LogP contribution in [0.15, 0.2) is 8.95 Å². The van der Waals surface area contributed by atoms with Crippen LogP contribution in [0, 0.1) is 0 Å². The summed E-state index contributed by atoms with van der Waals surface area (Å²) in [4.78, 5) is 27.8.